The fourth-order valence-corrected chi connectivity index (χ4v) is 5.11. The monoisotopic (exact) mass is 420 g/mol. The van der Waals surface area contributed by atoms with Gasteiger partial charge in [0.1, 0.15) is 5.01 Å². The molecule has 1 amide bonds. The Balaban J connectivity index is 1.37. The van der Waals surface area contributed by atoms with Gasteiger partial charge < -0.3 is 4.74 Å². The summed E-state index contributed by atoms with van der Waals surface area (Å²) in [4.78, 5) is 12.3. The Morgan fingerprint density at radius 1 is 1.18 bits per heavy atom. The molecule has 2 heterocycles. The highest BCUT2D eigenvalue weighted by Crippen LogP contribution is 2.42. The van der Waals surface area contributed by atoms with Crippen LogP contribution in [0, 0.1) is 0 Å². The van der Waals surface area contributed by atoms with E-state index in [1.165, 1.54) is 21.7 Å². The molecule has 0 spiro atoms. The smallest absolute Gasteiger partial charge is 0.250 e. The summed E-state index contributed by atoms with van der Waals surface area (Å²) in [6.07, 6.45) is 5.30. The number of hydrogen-bond acceptors (Lipinski definition) is 7. The van der Waals surface area contributed by atoms with E-state index in [9.17, 15) is 13.2 Å². The lowest BCUT2D eigenvalue weighted by atomic mass is 10.2. The first kappa shape index (κ1) is 19.2. The first-order valence-electron chi connectivity index (χ1n) is 9.03. The van der Waals surface area contributed by atoms with E-state index < -0.39 is 10.0 Å². The summed E-state index contributed by atoms with van der Waals surface area (Å²) in [5.41, 5.74) is 0.729. The highest BCUT2D eigenvalue weighted by Gasteiger charge is 2.28. The van der Waals surface area contributed by atoms with Crippen LogP contribution in [-0.2, 0) is 19.6 Å². The summed E-state index contributed by atoms with van der Waals surface area (Å²) < 4.78 is 31.8. The molecule has 8 nitrogen and oxygen atoms in total. The van der Waals surface area contributed by atoms with Gasteiger partial charge in [-0.05, 0) is 36.6 Å². The number of nitrogens with zero attached hydrogens (tertiary/aromatic N) is 3. The molecular weight excluding hydrogens is 400 g/mol. The van der Waals surface area contributed by atoms with Crippen molar-refractivity contribution in [1.82, 2.24) is 14.5 Å². The van der Waals surface area contributed by atoms with Crippen molar-refractivity contribution in [2.24, 2.45) is 0 Å². The number of carbonyl (C=O) groups excluding carboxylic acids is 1. The summed E-state index contributed by atoms with van der Waals surface area (Å²) in [5.74, 6) is 0.203. The molecule has 148 valence electrons. The van der Waals surface area contributed by atoms with Gasteiger partial charge in [-0.3, -0.25) is 10.1 Å². The molecule has 2 aliphatic rings. The fraction of sp³-hybridized carbons (Fsp3) is 0.389. The van der Waals surface area contributed by atoms with Crippen LogP contribution in [0.4, 0.5) is 5.13 Å². The van der Waals surface area contributed by atoms with Gasteiger partial charge in [-0.15, -0.1) is 10.2 Å². The Hall–Kier alpha value is -2.14. The molecule has 1 N–H and O–H groups in total. The maximum atomic E-state index is 12.6. The van der Waals surface area contributed by atoms with Crippen LogP contribution in [0.2, 0.25) is 0 Å². The van der Waals surface area contributed by atoms with Gasteiger partial charge in [0.15, 0.2) is 0 Å². The van der Waals surface area contributed by atoms with Gasteiger partial charge in [0.25, 0.3) is 0 Å². The molecule has 1 saturated heterocycles. The Morgan fingerprint density at radius 3 is 2.57 bits per heavy atom. The highest BCUT2D eigenvalue weighted by molar-refractivity contribution is 7.89. The van der Waals surface area contributed by atoms with Crippen molar-refractivity contribution in [1.29, 1.82) is 0 Å². The minimum atomic E-state index is -3.51. The van der Waals surface area contributed by atoms with Crippen LogP contribution < -0.4 is 5.32 Å². The van der Waals surface area contributed by atoms with E-state index in [1.807, 2.05) is 0 Å². The van der Waals surface area contributed by atoms with Gasteiger partial charge >= 0.3 is 0 Å². The summed E-state index contributed by atoms with van der Waals surface area (Å²) in [6, 6.07) is 6.45. The van der Waals surface area contributed by atoms with Crippen molar-refractivity contribution in [3.63, 3.8) is 0 Å². The number of sulfonamides is 1. The van der Waals surface area contributed by atoms with Crippen molar-refractivity contribution < 1.29 is 17.9 Å². The second-order valence-electron chi connectivity index (χ2n) is 6.63. The number of ether oxygens (including phenoxy) is 1. The zero-order chi connectivity index (χ0) is 19.6. The van der Waals surface area contributed by atoms with Gasteiger partial charge in [0.2, 0.25) is 21.1 Å². The molecule has 2 fully saturated rings. The molecular formula is C18H20N4O4S2. The van der Waals surface area contributed by atoms with Crippen LogP contribution in [0.3, 0.4) is 0 Å². The first-order chi connectivity index (χ1) is 13.5. The molecule has 1 saturated carbocycles. The molecule has 1 aliphatic heterocycles. The lowest BCUT2D eigenvalue weighted by Gasteiger charge is -2.26. The minimum absolute atomic E-state index is 0.234. The average molecular weight is 421 g/mol. The number of benzene rings is 1. The maximum Gasteiger partial charge on any atom is 0.250 e. The largest absolute Gasteiger partial charge is 0.379 e. The normalized spacial score (nSPS) is 18.4. The Kier molecular flexibility index (Phi) is 5.54. The molecule has 4 rings (SSSR count). The molecule has 0 radical (unpaired) electrons. The number of carbonyl (C=O) groups is 1. The van der Waals surface area contributed by atoms with Gasteiger partial charge in [-0.2, -0.15) is 4.31 Å². The van der Waals surface area contributed by atoms with Crippen molar-refractivity contribution >= 4 is 38.5 Å². The number of morpholine rings is 1. The van der Waals surface area contributed by atoms with Gasteiger partial charge in [-0.1, -0.05) is 23.5 Å². The van der Waals surface area contributed by atoms with Crippen LogP contribution >= 0.6 is 11.3 Å². The van der Waals surface area contributed by atoms with Crippen molar-refractivity contribution in [3.8, 4) is 0 Å². The zero-order valence-electron chi connectivity index (χ0n) is 15.1. The van der Waals surface area contributed by atoms with E-state index in [4.69, 9.17) is 4.74 Å². The number of aromatic nitrogens is 2. The molecule has 1 aromatic carbocycles. The predicted octanol–water partition coefficient (Wildman–Crippen LogP) is 2.09. The molecule has 10 heteroatoms. The van der Waals surface area contributed by atoms with Crippen LogP contribution in [-0.4, -0.2) is 55.1 Å². The number of anilines is 1. The highest BCUT2D eigenvalue weighted by atomic mass is 32.2. The fourth-order valence-electron chi connectivity index (χ4n) is 2.79. The second-order valence-corrected chi connectivity index (χ2v) is 9.57. The van der Waals surface area contributed by atoms with Gasteiger partial charge in [-0.25, -0.2) is 8.42 Å². The summed E-state index contributed by atoms with van der Waals surface area (Å²) in [5, 5.41) is 12.2. The van der Waals surface area contributed by atoms with E-state index in [0.29, 0.717) is 37.4 Å². The first-order valence-corrected chi connectivity index (χ1v) is 11.3. The maximum absolute atomic E-state index is 12.6. The molecule has 28 heavy (non-hydrogen) atoms. The molecule has 0 bridgehead atoms. The molecule has 1 aliphatic carbocycles. The lowest BCUT2D eigenvalue weighted by molar-refractivity contribution is -0.111. The van der Waals surface area contributed by atoms with Gasteiger partial charge in [0, 0.05) is 25.1 Å². The summed E-state index contributed by atoms with van der Waals surface area (Å²) in [7, 11) is -3.51. The quantitative estimate of drug-likeness (QED) is 0.718. The topological polar surface area (TPSA) is 101 Å². The third-order valence-electron chi connectivity index (χ3n) is 4.51. The Bertz CT molecular complexity index is 975. The Labute approximate surface area is 167 Å². The molecule has 0 unspecified atom stereocenters. The Morgan fingerprint density at radius 2 is 1.89 bits per heavy atom. The summed E-state index contributed by atoms with van der Waals surface area (Å²) in [6.45, 7) is 1.54. The third kappa shape index (κ3) is 4.46. The molecule has 2 aromatic rings. The predicted molar refractivity (Wildman–Crippen MR) is 106 cm³/mol. The van der Waals surface area contributed by atoms with Crippen LogP contribution in [0.15, 0.2) is 35.2 Å². The SMILES string of the molecule is O=C(C=Cc1ccc(S(=O)(=O)N2CCOCC2)cc1)Nc1nnc(C2CC2)s1. The molecule has 0 atom stereocenters. The van der Waals surface area contributed by atoms with Gasteiger partial charge in [0.05, 0.1) is 18.1 Å². The van der Waals surface area contributed by atoms with E-state index in [2.05, 4.69) is 15.5 Å². The number of nitrogens with one attached hydrogen (secondary N) is 1. The van der Waals surface area contributed by atoms with E-state index in [-0.39, 0.29) is 10.8 Å². The minimum Gasteiger partial charge on any atom is -0.379 e. The number of hydrogen-bond donors (Lipinski definition) is 1. The standard InChI is InChI=1S/C18H20N4O4S2/c23-16(19-18-21-20-17(27-18)14-4-5-14)8-3-13-1-6-15(7-2-13)28(24,25)22-9-11-26-12-10-22/h1-3,6-8,14H,4-5,9-12H2,(H,19,21,23). The van der Waals surface area contributed by atoms with E-state index >= 15 is 0 Å². The number of amides is 1. The van der Waals surface area contributed by atoms with Crippen molar-refractivity contribution in [2.45, 2.75) is 23.7 Å². The van der Waals surface area contributed by atoms with E-state index in [1.54, 1.807) is 30.3 Å². The van der Waals surface area contributed by atoms with E-state index in [0.717, 1.165) is 23.4 Å². The van der Waals surface area contributed by atoms with Crippen LogP contribution in [0.25, 0.3) is 6.08 Å². The lowest BCUT2D eigenvalue weighted by Crippen LogP contribution is -2.40. The summed E-state index contributed by atoms with van der Waals surface area (Å²) >= 11 is 1.40. The molecule has 1 aromatic heterocycles. The van der Waals surface area contributed by atoms with Crippen molar-refractivity contribution in [2.75, 3.05) is 31.6 Å². The third-order valence-corrected chi connectivity index (χ3v) is 7.43. The van der Waals surface area contributed by atoms with Crippen LogP contribution in [0.5, 0.6) is 0 Å². The number of rotatable bonds is 6. The second kappa shape index (κ2) is 8.08. The van der Waals surface area contributed by atoms with Crippen LogP contribution in [0.1, 0.15) is 29.3 Å². The average Bonchev–Trinajstić information content (AvgIpc) is 3.47. The van der Waals surface area contributed by atoms with Crippen molar-refractivity contribution in [3.05, 3.63) is 40.9 Å². The zero-order valence-corrected chi connectivity index (χ0v) is 16.7.